The fourth-order valence-electron chi connectivity index (χ4n) is 5.15. The van der Waals surface area contributed by atoms with Gasteiger partial charge in [-0.05, 0) is 81.6 Å². The summed E-state index contributed by atoms with van der Waals surface area (Å²) in [4.78, 5) is 9.11. The molecule has 0 spiro atoms. The van der Waals surface area contributed by atoms with Crippen molar-refractivity contribution in [2.24, 2.45) is 0 Å². The molecule has 7 aromatic rings. The van der Waals surface area contributed by atoms with E-state index in [0.29, 0.717) is 0 Å². The summed E-state index contributed by atoms with van der Waals surface area (Å²) in [6, 6.07) is 38.8. The lowest BCUT2D eigenvalue weighted by Crippen LogP contribution is -1.90. The van der Waals surface area contributed by atoms with Crippen LogP contribution in [0.3, 0.4) is 0 Å². The second kappa shape index (κ2) is 10.3. The Hall–Kier alpha value is -4.82. The highest BCUT2D eigenvalue weighted by Gasteiger charge is 2.15. The van der Waals surface area contributed by atoms with Crippen LogP contribution in [0.4, 0.5) is 0 Å². The molecule has 0 atom stereocenters. The summed E-state index contributed by atoms with van der Waals surface area (Å²) >= 11 is 0. The van der Waals surface area contributed by atoms with Gasteiger partial charge in [-0.2, -0.15) is 0 Å². The third-order valence-corrected chi connectivity index (χ3v) is 7.10. The Kier molecular flexibility index (Phi) is 6.37. The third kappa shape index (κ3) is 4.21. The van der Waals surface area contributed by atoms with Gasteiger partial charge in [0.25, 0.3) is 0 Å². The quantitative estimate of drug-likeness (QED) is 0.183. The van der Waals surface area contributed by atoms with Gasteiger partial charge in [0.15, 0.2) is 0 Å². The number of hydrogen-bond donors (Lipinski definition) is 0. The molecule has 0 aliphatic heterocycles. The fourth-order valence-corrected chi connectivity index (χ4v) is 5.15. The average molecular weight is 489 g/mol. The molecule has 0 aliphatic rings. The summed E-state index contributed by atoms with van der Waals surface area (Å²) in [7, 11) is 0. The molecule has 182 valence electrons. The first kappa shape index (κ1) is 23.6. The number of hydrogen-bond acceptors (Lipinski definition) is 2. The maximum absolute atomic E-state index is 4.62. The lowest BCUT2D eigenvalue weighted by Gasteiger charge is -2.16. The van der Waals surface area contributed by atoms with E-state index < -0.39 is 0 Å². The Labute approximate surface area is 223 Å². The second-order valence-corrected chi connectivity index (χ2v) is 9.32. The molecular formula is C36H28N2. The lowest BCUT2D eigenvalue weighted by molar-refractivity contribution is 1.33. The average Bonchev–Trinajstić information content (AvgIpc) is 3.01. The van der Waals surface area contributed by atoms with Crippen LogP contribution in [0, 0.1) is 0 Å². The molecule has 0 amide bonds. The van der Waals surface area contributed by atoms with Crippen LogP contribution >= 0.6 is 0 Å². The van der Waals surface area contributed by atoms with E-state index in [-0.39, 0.29) is 0 Å². The fraction of sp³-hybridized carbons (Fsp3) is 0.0556. The zero-order valence-electron chi connectivity index (χ0n) is 21.6. The van der Waals surface area contributed by atoms with E-state index in [1.165, 1.54) is 49.0 Å². The number of nitrogens with zero attached hydrogens (tertiary/aromatic N) is 2. The molecule has 0 fully saturated rings. The number of allylic oxidation sites excluding steroid dienone is 2. The number of aromatic nitrogens is 2. The Morgan fingerprint density at radius 2 is 0.947 bits per heavy atom. The summed E-state index contributed by atoms with van der Waals surface area (Å²) < 4.78 is 0. The Bertz CT molecular complexity index is 1850. The van der Waals surface area contributed by atoms with Gasteiger partial charge in [-0.15, -0.1) is 0 Å². The third-order valence-electron chi connectivity index (χ3n) is 7.10. The van der Waals surface area contributed by atoms with E-state index in [0.717, 1.165) is 17.0 Å². The maximum atomic E-state index is 4.62. The largest absolute Gasteiger partial charge is 0.256 e. The molecule has 38 heavy (non-hydrogen) atoms. The minimum Gasteiger partial charge on any atom is -0.256 e. The van der Waals surface area contributed by atoms with Crippen LogP contribution in [0.25, 0.3) is 66.0 Å². The summed E-state index contributed by atoms with van der Waals surface area (Å²) in [6.07, 6.45) is 7.70. The molecule has 2 heterocycles. The van der Waals surface area contributed by atoms with Gasteiger partial charge in [0.05, 0.1) is 11.4 Å². The van der Waals surface area contributed by atoms with Crippen LogP contribution in [-0.2, 0) is 0 Å². The van der Waals surface area contributed by atoms with E-state index in [9.17, 15) is 0 Å². The second-order valence-electron chi connectivity index (χ2n) is 9.32. The summed E-state index contributed by atoms with van der Waals surface area (Å²) in [5.41, 5.74) is 6.76. The van der Waals surface area contributed by atoms with E-state index >= 15 is 0 Å². The minimum absolute atomic E-state index is 0.992. The molecule has 2 nitrogen and oxygen atoms in total. The van der Waals surface area contributed by atoms with Gasteiger partial charge in [-0.3, -0.25) is 9.97 Å². The van der Waals surface area contributed by atoms with Crippen LogP contribution in [0.5, 0.6) is 0 Å². The van der Waals surface area contributed by atoms with E-state index in [4.69, 9.17) is 0 Å². The molecule has 0 bridgehead atoms. The van der Waals surface area contributed by atoms with Crippen molar-refractivity contribution < 1.29 is 0 Å². The summed E-state index contributed by atoms with van der Waals surface area (Å²) in [6.45, 7) is 4.00. The first-order valence-corrected chi connectivity index (χ1v) is 13.0. The first-order chi connectivity index (χ1) is 18.8. The standard InChI is InChI=1S/C32H20N2.C4H8/c1-3-19-33-29(5-1)22-9-7-21(8-10-22)25-15-13-23-11-12-24-14-16-26(30-6-2-4-20-34-30)28-18-17-27(25)31(23)32(24)28;1-3-4-2/h1-20H;3-4H,1-2H3/b;4-3-. The van der Waals surface area contributed by atoms with Crippen molar-refractivity contribution in [3.05, 3.63) is 134 Å². The number of rotatable bonds is 3. The van der Waals surface area contributed by atoms with Crippen LogP contribution in [0.2, 0.25) is 0 Å². The van der Waals surface area contributed by atoms with Gasteiger partial charge < -0.3 is 0 Å². The van der Waals surface area contributed by atoms with Gasteiger partial charge in [0.2, 0.25) is 0 Å². The zero-order chi connectivity index (χ0) is 25.9. The van der Waals surface area contributed by atoms with Crippen molar-refractivity contribution in [1.29, 1.82) is 0 Å². The van der Waals surface area contributed by atoms with Crippen LogP contribution in [0.15, 0.2) is 134 Å². The molecule has 0 aliphatic carbocycles. The molecule has 2 aromatic heterocycles. The molecule has 0 unspecified atom stereocenters. The minimum atomic E-state index is 0.992. The summed E-state index contributed by atoms with van der Waals surface area (Å²) in [5.74, 6) is 0. The van der Waals surface area contributed by atoms with Crippen molar-refractivity contribution in [3.8, 4) is 33.6 Å². The molecule has 0 radical (unpaired) electrons. The topological polar surface area (TPSA) is 25.8 Å². The summed E-state index contributed by atoms with van der Waals surface area (Å²) in [5, 5.41) is 7.68. The molecule has 7 rings (SSSR count). The Balaban J connectivity index is 0.000000620. The Morgan fingerprint density at radius 1 is 0.447 bits per heavy atom. The van der Waals surface area contributed by atoms with E-state index in [1.54, 1.807) is 0 Å². The first-order valence-electron chi connectivity index (χ1n) is 13.0. The maximum Gasteiger partial charge on any atom is 0.0708 e. The predicted octanol–water partition coefficient (Wildman–Crippen LogP) is 9.96. The van der Waals surface area contributed by atoms with Crippen molar-refractivity contribution >= 4 is 32.3 Å². The van der Waals surface area contributed by atoms with Gasteiger partial charge in [0, 0.05) is 23.5 Å². The molecule has 0 saturated carbocycles. The molecular weight excluding hydrogens is 460 g/mol. The molecule has 0 saturated heterocycles. The Morgan fingerprint density at radius 3 is 1.50 bits per heavy atom. The predicted molar refractivity (Wildman–Crippen MR) is 163 cm³/mol. The van der Waals surface area contributed by atoms with Crippen molar-refractivity contribution in [2.45, 2.75) is 13.8 Å². The smallest absolute Gasteiger partial charge is 0.0708 e. The van der Waals surface area contributed by atoms with Crippen molar-refractivity contribution in [1.82, 2.24) is 9.97 Å². The molecule has 5 aromatic carbocycles. The zero-order valence-corrected chi connectivity index (χ0v) is 21.6. The van der Waals surface area contributed by atoms with Gasteiger partial charge in [0.1, 0.15) is 0 Å². The highest BCUT2D eigenvalue weighted by Crippen LogP contribution is 2.42. The van der Waals surface area contributed by atoms with Gasteiger partial charge in [-0.25, -0.2) is 0 Å². The highest BCUT2D eigenvalue weighted by molar-refractivity contribution is 6.27. The van der Waals surface area contributed by atoms with Gasteiger partial charge in [-0.1, -0.05) is 97.1 Å². The lowest BCUT2D eigenvalue weighted by atomic mass is 9.87. The van der Waals surface area contributed by atoms with Crippen molar-refractivity contribution in [2.75, 3.05) is 0 Å². The molecule has 0 N–H and O–H groups in total. The number of pyridine rings is 2. The van der Waals surface area contributed by atoms with Crippen molar-refractivity contribution in [3.63, 3.8) is 0 Å². The van der Waals surface area contributed by atoms with E-state index in [1.807, 2.05) is 68.7 Å². The monoisotopic (exact) mass is 488 g/mol. The van der Waals surface area contributed by atoms with Crippen LogP contribution in [-0.4, -0.2) is 9.97 Å². The number of benzene rings is 5. The molecule has 2 heteroatoms. The van der Waals surface area contributed by atoms with Gasteiger partial charge >= 0.3 is 0 Å². The highest BCUT2D eigenvalue weighted by atomic mass is 14.7. The SMILES string of the molecule is C/C=C\C.c1ccc(-c2ccc(-c3ccc4ccc5ccc(-c6ccccn6)c6ccc3c4c56)cc2)nc1. The van der Waals surface area contributed by atoms with E-state index in [2.05, 4.69) is 88.8 Å². The van der Waals surface area contributed by atoms with Crippen LogP contribution in [0.1, 0.15) is 13.8 Å². The normalized spacial score (nSPS) is 11.3. The van der Waals surface area contributed by atoms with Crippen LogP contribution < -0.4 is 0 Å².